The van der Waals surface area contributed by atoms with Crippen molar-refractivity contribution >= 4 is 5.82 Å². The fourth-order valence-electron chi connectivity index (χ4n) is 1.38. The molecule has 0 aliphatic rings. The van der Waals surface area contributed by atoms with Gasteiger partial charge in [0.25, 0.3) is 0 Å². The largest absolute Gasteiger partial charge is 0.389 e. The van der Waals surface area contributed by atoms with Crippen molar-refractivity contribution in [1.29, 1.82) is 0 Å². The highest BCUT2D eigenvalue weighted by molar-refractivity contribution is 5.41. The van der Waals surface area contributed by atoms with Gasteiger partial charge in [-0.3, -0.25) is 0 Å². The summed E-state index contributed by atoms with van der Waals surface area (Å²) in [5.41, 5.74) is 1.96. The van der Waals surface area contributed by atoms with Crippen molar-refractivity contribution in [3.63, 3.8) is 0 Å². The first-order chi connectivity index (χ1) is 6.50. The molecule has 2 N–H and O–H groups in total. The zero-order valence-corrected chi connectivity index (χ0v) is 9.20. The van der Waals surface area contributed by atoms with Gasteiger partial charge in [0.1, 0.15) is 5.82 Å². The standard InChI is InChI=1S/C11H18N2O/c1-7(2)13-11-5-8(3)10(6-12-11)9(4)14/h5-7,9,14H,1-4H3,(H,12,13)/t9-/m1/s1. The molecule has 14 heavy (non-hydrogen) atoms. The number of nitrogens with zero attached hydrogens (tertiary/aromatic N) is 1. The molecule has 0 aliphatic carbocycles. The normalized spacial score (nSPS) is 13.0. The number of pyridine rings is 1. The number of nitrogens with one attached hydrogen (secondary N) is 1. The fraction of sp³-hybridized carbons (Fsp3) is 0.545. The summed E-state index contributed by atoms with van der Waals surface area (Å²) in [6, 6.07) is 2.33. The zero-order chi connectivity index (χ0) is 10.7. The minimum absolute atomic E-state index is 0.374. The van der Waals surface area contributed by atoms with Crippen molar-refractivity contribution in [1.82, 2.24) is 4.98 Å². The lowest BCUT2D eigenvalue weighted by Crippen LogP contribution is -2.11. The average molecular weight is 194 g/mol. The lowest BCUT2D eigenvalue weighted by Gasteiger charge is -2.12. The van der Waals surface area contributed by atoms with E-state index in [-0.39, 0.29) is 0 Å². The molecular weight excluding hydrogens is 176 g/mol. The van der Waals surface area contributed by atoms with E-state index in [0.29, 0.717) is 6.04 Å². The molecule has 0 aliphatic heterocycles. The van der Waals surface area contributed by atoms with Gasteiger partial charge in [0.15, 0.2) is 0 Å². The molecule has 0 unspecified atom stereocenters. The van der Waals surface area contributed by atoms with Crippen LogP contribution < -0.4 is 5.32 Å². The summed E-state index contributed by atoms with van der Waals surface area (Å²) < 4.78 is 0. The molecule has 0 fully saturated rings. The van der Waals surface area contributed by atoms with Crippen LogP contribution >= 0.6 is 0 Å². The Labute approximate surface area is 85.2 Å². The Morgan fingerprint density at radius 1 is 1.36 bits per heavy atom. The van der Waals surface area contributed by atoms with Crippen LogP contribution in [0.1, 0.15) is 38.0 Å². The van der Waals surface area contributed by atoms with Crippen LogP contribution in [-0.2, 0) is 0 Å². The van der Waals surface area contributed by atoms with Gasteiger partial charge < -0.3 is 10.4 Å². The Hall–Kier alpha value is -1.09. The summed E-state index contributed by atoms with van der Waals surface area (Å²) >= 11 is 0. The van der Waals surface area contributed by atoms with Crippen molar-refractivity contribution in [2.24, 2.45) is 0 Å². The minimum Gasteiger partial charge on any atom is -0.389 e. The van der Waals surface area contributed by atoms with Gasteiger partial charge in [-0.2, -0.15) is 0 Å². The van der Waals surface area contributed by atoms with Crippen LogP contribution in [-0.4, -0.2) is 16.1 Å². The van der Waals surface area contributed by atoms with E-state index >= 15 is 0 Å². The number of aromatic nitrogens is 1. The van der Waals surface area contributed by atoms with Crippen molar-refractivity contribution in [2.45, 2.75) is 39.8 Å². The number of aryl methyl sites for hydroxylation is 1. The van der Waals surface area contributed by atoms with Gasteiger partial charge >= 0.3 is 0 Å². The van der Waals surface area contributed by atoms with E-state index < -0.39 is 6.10 Å². The first kappa shape index (κ1) is 11.0. The first-order valence-electron chi connectivity index (χ1n) is 4.92. The number of hydrogen-bond donors (Lipinski definition) is 2. The van der Waals surface area contributed by atoms with E-state index in [1.54, 1.807) is 13.1 Å². The smallest absolute Gasteiger partial charge is 0.126 e. The fourth-order valence-corrected chi connectivity index (χ4v) is 1.38. The second-order valence-electron chi connectivity index (χ2n) is 3.90. The molecule has 1 atom stereocenters. The Morgan fingerprint density at radius 2 is 2.00 bits per heavy atom. The molecule has 3 heteroatoms. The van der Waals surface area contributed by atoms with Crippen molar-refractivity contribution in [3.8, 4) is 0 Å². The van der Waals surface area contributed by atoms with Crippen LogP contribution in [0, 0.1) is 6.92 Å². The summed E-state index contributed by atoms with van der Waals surface area (Å²) in [5.74, 6) is 0.863. The third kappa shape index (κ3) is 2.70. The van der Waals surface area contributed by atoms with E-state index in [0.717, 1.165) is 16.9 Å². The molecule has 0 amide bonds. The summed E-state index contributed by atoms with van der Waals surface area (Å²) in [7, 11) is 0. The molecule has 0 saturated carbocycles. The monoisotopic (exact) mass is 194 g/mol. The van der Waals surface area contributed by atoms with Crippen LogP contribution in [0.15, 0.2) is 12.3 Å². The number of aliphatic hydroxyl groups is 1. The lowest BCUT2D eigenvalue weighted by atomic mass is 10.1. The summed E-state index contributed by atoms with van der Waals surface area (Å²) in [6.45, 7) is 7.87. The highest BCUT2D eigenvalue weighted by Gasteiger charge is 2.06. The molecule has 0 spiro atoms. The summed E-state index contributed by atoms with van der Waals surface area (Å²) in [6.07, 6.45) is 1.28. The quantitative estimate of drug-likeness (QED) is 0.775. The van der Waals surface area contributed by atoms with Crippen LogP contribution in [0.4, 0.5) is 5.82 Å². The predicted octanol–water partition coefficient (Wildman–Crippen LogP) is 2.26. The Bertz CT molecular complexity index is 308. The van der Waals surface area contributed by atoms with E-state index in [1.165, 1.54) is 0 Å². The molecule has 1 aromatic rings. The highest BCUT2D eigenvalue weighted by atomic mass is 16.3. The molecule has 0 saturated heterocycles. The topological polar surface area (TPSA) is 45.2 Å². The van der Waals surface area contributed by atoms with Crippen molar-refractivity contribution in [2.75, 3.05) is 5.32 Å². The summed E-state index contributed by atoms with van der Waals surface area (Å²) in [4.78, 5) is 4.23. The SMILES string of the molecule is Cc1cc(NC(C)C)ncc1[C@@H](C)O. The maximum absolute atomic E-state index is 9.42. The maximum Gasteiger partial charge on any atom is 0.126 e. The van der Waals surface area contributed by atoms with E-state index in [9.17, 15) is 5.11 Å². The van der Waals surface area contributed by atoms with Gasteiger partial charge in [0.2, 0.25) is 0 Å². The van der Waals surface area contributed by atoms with Crippen LogP contribution in [0.5, 0.6) is 0 Å². The van der Waals surface area contributed by atoms with Crippen LogP contribution in [0.25, 0.3) is 0 Å². The maximum atomic E-state index is 9.42. The Kier molecular flexibility index (Phi) is 3.47. The number of anilines is 1. The van der Waals surface area contributed by atoms with Gasteiger partial charge in [-0.1, -0.05) is 0 Å². The van der Waals surface area contributed by atoms with Gasteiger partial charge in [-0.15, -0.1) is 0 Å². The van der Waals surface area contributed by atoms with E-state index in [4.69, 9.17) is 0 Å². The third-order valence-electron chi connectivity index (χ3n) is 2.04. The molecule has 78 valence electrons. The highest BCUT2D eigenvalue weighted by Crippen LogP contribution is 2.18. The number of hydrogen-bond acceptors (Lipinski definition) is 3. The van der Waals surface area contributed by atoms with Crippen molar-refractivity contribution < 1.29 is 5.11 Å². The van der Waals surface area contributed by atoms with Crippen LogP contribution in [0.3, 0.4) is 0 Å². The molecule has 3 nitrogen and oxygen atoms in total. The Balaban J connectivity index is 2.89. The first-order valence-corrected chi connectivity index (χ1v) is 4.92. The molecule has 1 rings (SSSR count). The second kappa shape index (κ2) is 4.42. The van der Waals surface area contributed by atoms with E-state index in [2.05, 4.69) is 24.1 Å². The predicted molar refractivity (Wildman–Crippen MR) is 58.4 cm³/mol. The lowest BCUT2D eigenvalue weighted by molar-refractivity contribution is 0.198. The molecular formula is C11H18N2O. The molecule has 0 radical (unpaired) electrons. The second-order valence-corrected chi connectivity index (χ2v) is 3.90. The number of aliphatic hydroxyl groups excluding tert-OH is 1. The molecule has 0 bridgehead atoms. The van der Waals surface area contributed by atoms with E-state index in [1.807, 2.05) is 13.0 Å². The average Bonchev–Trinajstić information content (AvgIpc) is 2.01. The van der Waals surface area contributed by atoms with Crippen LogP contribution in [0.2, 0.25) is 0 Å². The van der Waals surface area contributed by atoms with Gasteiger partial charge in [0.05, 0.1) is 6.10 Å². The minimum atomic E-state index is -0.449. The third-order valence-corrected chi connectivity index (χ3v) is 2.04. The molecule has 1 heterocycles. The van der Waals surface area contributed by atoms with Crippen molar-refractivity contribution in [3.05, 3.63) is 23.4 Å². The van der Waals surface area contributed by atoms with Gasteiger partial charge in [-0.05, 0) is 39.3 Å². The summed E-state index contributed by atoms with van der Waals surface area (Å²) in [5, 5.41) is 12.6. The zero-order valence-electron chi connectivity index (χ0n) is 9.20. The molecule has 0 aromatic carbocycles. The van der Waals surface area contributed by atoms with Gasteiger partial charge in [0, 0.05) is 17.8 Å². The number of rotatable bonds is 3. The van der Waals surface area contributed by atoms with Gasteiger partial charge in [-0.25, -0.2) is 4.98 Å². The molecule has 1 aromatic heterocycles. The Morgan fingerprint density at radius 3 is 2.43 bits per heavy atom.